The van der Waals surface area contributed by atoms with Gasteiger partial charge in [-0.25, -0.2) is 0 Å². The van der Waals surface area contributed by atoms with Gasteiger partial charge in [-0.3, -0.25) is 10.1 Å². The molecule has 2 rings (SSSR count). The van der Waals surface area contributed by atoms with Gasteiger partial charge in [0.05, 0.1) is 4.92 Å². The third kappa shape index (κ3) is 2.73. The lowest BCUT2D eigenvalue weighted by Gasteiger charge is -2.20. The van der Waals surface area contributed by atoms with Crippen molar-refractivity contribution in [3.8, 4) is 0 Å². The first-order chi connectivity index (χ1) is 8.59. The van der Waals surface area contributed by atoms with Crippen LogP contribution in [0.15, 0.2) is 18.2 Å². The van der Waals surface area contributed by atoms with E-state index in [4.69, 9.17) is 11.6 Å². The van der Waals surface area contributed by atoms with Crippen LogP contribution in [0.25, 0.3) is 0 Å². The molecule has 1 N–H and O–H groups in total. The average Bonchev–Trinajstić information content (AvgIpc) is 2.71. The van der Waals surface area contributed by atoms with Gasteiger partial charge in [0.1, 0.15) is 10.7 Å². The zero-order valence-electron chi connectivity index (χ0n) is 10.2. The number of likely N-dealkylation sites (N-methyl/N-ethyl adjacent to an activating group) is 1. The highest BCUT2D eigenvalue weighted by Gasteiger charge is 2.23. The molecule has 5 nitrogen and oxygen atoms in total. The quantitative estimate of drug-likeness (QED) is 0.674. The Labute approximate surface area is 111 Å². The molecule has 0 radical (unpaired) electrons. The molecule has 1 aromatic carbocycles. The predicted octanol–water partition coefficient (Wildman–Crippen LogP) is 2.75. The Morgan fingerprint density at radius 1 is 1.61 bits per heavy atom. The second-order valence-corrected chi connectivity index (χ2v) is 4.96. The summed E-state index contributed by atoms with van der Waals surface area (Å²) in [5.41, 5.74) is 0.451. The van der Waals surface area contributed by atoms with E-state index in [0.29, 0.717) is 18.3 Å². The van der Waals surface area contributed by atoms with Gasteiger partial charge in [0.25, 0.3) is 0 Å². The van der Waals surface area contributed by atoms with Crippen LogP contribution in [0.3, 0.4) is 0 Å². The summed E-state index contributed by atoms with van der Waals surface area (Å²) < 4.78 is 0. The van der Waals surface area contributed by atoms with Crippen molar-refractivity contribution in [3.05, 3.63) is 33.3 Å². The maximum absolute atomic E-state index is 11.0. The summed E-state index contributed by atoms with van der Waals surface area (Å²) in [6.45, 7) is 1.79. The van der Waals surface area contributed by atoms with Gasteiger partial charge in [-0.15, -0.1) is 0 Å². The minimum absolute atomic E-state index is 0.0418. The van der Waals surface area contributed by atoms with Crippen LogP contribution in [0.5, 0.6) is 0 Å². The van der Waals surface area contributed by atoms with E-state index in [0.717, 1.165) is 13.0 Å². The van der Waals surface area contributed by atoms with E-state index >= 15 is 0 Å². The minimum Gasteiger partial charge on any atom is -0.378 e. The molecule has 0 spiro atoms. The first-order valence-electron chi connectivity index (χ1n) is 5.96. The highest BCUT2D eigenvalue weighted by Crippen LogP contribution is 2.32. The SMILES string of the molecule is CN1CCCC1CNc1cccc(Cl)c1[N+](=O)[O-]. The van der Waals surface area contributed by atoms with Crippen molar-refractivity contribution < 1.29 is 4.92 Å². The zero-order chi connectivity index (χ0) is 13.1. The molecule has 98 valence electrons. The number of halogens is 1. The topological polar surface area (TPSA) is 58.4 Å². The lowest BCUT2D eigenvalue weighted by atomic mass is 10.2. The van der Waals surface area contributed by atoms with Crippen LogP contribution < -0.4 is 5.32 Å². The van der Waals surface area contributed by atoms with Crippen molar-refractivity contribution in [2.24, 2.45) is 0 Å². The summed E-state index contributed by atoms with van der Waals surface area (Å²) in [5.74, 6) is 0. The Morgan fingerprint density at radius 3 is 3.00 bits per heavy atom. The number of para-hydroxylation sites is 1. The molecule has 1 atom stereocenters. The van der Waals surface area contributed by atoms with E-state index in [1.165, 1.54) is 12.5 Å². The number of hydrogen-bond donors (Lipinski definition) is 1. The summed E-state index contributed by atoms with van der Waals surface area (Å²) in [4.78, 5) is 12.8. The molecule has 1 unspecified atom stereocenters. The summed E-state index contributed by atoms with van der Waals surface area (Å²) in [7, 11) is 2.08. The Hall–Kier alpha value is -1.33. The van der Waals surface area contributed by atoms with Gasteiger partial charge in [0, 0.05) is 12.6 Å². The molecule has 0 amide bonds. The second-order valence-electron chi connectivity index (χ2n) is 4.55. The number of nitrogens with zero attached hydrogens (tertiary/aromatic N) is 2. The largest absolute Gasteiger partial charge is 0.378 e. The number of benzene rings is 1. The van der Waals surface area contributed by atoms with Crippen LogP contribution in [0.2, 0.25) is 5.02 Å². The molecule has 0 aromatic heterocycles. The fourth-order valence-corrected chi connectivity index (χ4v) is 2.55. The van der Waals surface area contributed by atoms with Crippen molar-refractivity contribution in [2.75, 3.05) is 25.5 Å². The predicted molar refractivity (Wildman–Crippen MR) is 72.2 cm³/mol. The number of hydrogen-bond acceptors (Lipinski definition) is 4. The Balaban J connectivity index is 2.09. The average molecular weight is 270 g/mol. The molecule has 18 heavy (non-hydrogen) atoms. The molecule has 1 fully saturated rings. The van der Waals surface area contributed by atoms with Crippen LogP contribution >= 0.6 is 11.6 Å². The Morgan fingerprint density at radius 2 is 2.39 bits per heavy atom. The van der Waals surface area contributed by atoms with Crippen LogP contribution in [0.4, 0.5) is 11.4 Å². The van der Waals surface area contributed by atoms with E-state index in [1.54, 1.807) is 12.1 Å². The maximum Gasteiger partial charge on any atom is 0.310 e. The van der Waals surface area contributed by atoms with E-state index in [1.807, 2.05) is 0 Å². The van der Waals surface area contributed by atoms with Crippen molar-refractivity contribution >= 4 is 23.0 Å². The normalized spacial score (nSPS) is 20.0. The van der Waals surface area contributed by atoms with E-state index in [2.05, 4.69) is 17.3 Å². The highest BCUT2D eigenvalue weighted by atomic mass is 35.5. The fraction of sp³-hybridized carbons (Fsp3) is 0.500. The first kappa shape index (κ1) is 13.1. The zero-order valence-corrected chi connectivity index (χ0v) is 11.0. The molecule has 0 aliphatic carbocycles. The number of likely N-dealkylation sites (tertiary alicyclic amines) is 1. The van der Waals surface area contributed by atoms with Crippen molar-refractivity contribution in [3.63, 3.8) is 0 Å². The van der Waals surface area contributed by atoms with E-state index in [-0.39, 0.29) is 10.7 Å². The maximum atomic E-state index is 11.0. The first-order valence-corrected chi connectivity index (χ1v) is 6.34. The molecule has 1 aliphatic heterocycles. The minimum atomic E-state index is -0.441. The van der Waals surface area contributed by atoms with Crippen molar-refractivity contribution in [1.29, 1.82) is 0 Å². The number of rotatable bonds is 4. The van der Waals surface area contributed by atoms with Crippen LogP contribution in [0.1, 0.15) is 12.8 Å². The third-order valence-electron chi connectivity index (χ3n) is 3.37. The standard InChI is InChI=1S/C12H16ClN3O2/c1-15-7-3-4-9(15)8-14-11-6-2-5-10(13)12(11)16(17)18/h2,5-6,9,14H,3-4,7-8H2,1H3. The van der Waals surface area contributed by atoms with Gasteiger partial charge in [0.15, 0.2) is 0 Å². The Kier molecular flexibility index (Phi) is 4.04. The molecule has 1 aromatic rings. The lowest BCUT2D eigenvalue weighted by Crippen LogP contribution is -2.31. The number of anilines is 1. The van der Waals surface area contributed by atoms with Gasteiger partial charge < -0.3 is 10.2 Å². The summed E-state index contributed by atoms with van der Waals surface area (Å²) in [5, 5.41) is 14.3. The highest BCUT2D eigenvalue weighted by molar-refractivity contribution is 6.33. The number of nitrogens with one attached hydrogen (secondary N) is 1. The molecule has 0 saturated carbocycles. The number of nitro benzene ring substituents is 1. The molecule has 1 saturated heterocycles. The van der Waals surface area contributed by atoms with Gasteiger partial charge >= 0.3 is 5.69 Å². The Bertz CT molecular complexity index is 453. The van der Waals surface area contributed by atoms with E-state index in [9.17, 15) is 10.1 Å². The summed E-state index contributed by atoms with van der Waals surface area (Å²) >= 11 is 5.86. The van der Waals surface area contributed by atoms with Gasteiger partial charge in [-0.2, -0.15) is 0 Å². The molecule has 1 aliphatic rings. The molecule has 6 heteroatoms. The smallest absolute Gasteiger partial charge is 0.310 e. The van der Waals surface area contributed by atoms with Crippen molar-refractivity contribution in [1.82, 2.24) is 4.90 Å². The van der Waals surface area contributed by atoms with Gasteiger partial charge in [-0.1, -0.05) is 17.7 Å². The number of nitro groups is 1. The van der Waals surface area contributed by atoms with Gasteiger partial charge in [0.2, 0.25) is 0 Å². The summed E-state index contributed by atoms with van der Waals surface area (Å²) in [6, 6.07) is 5.38. The van der Waals surface area contributed by atoms with Crippen LogP contribution in [-0.4, -0.2) is 36.0 Å². The molecular formula is C12H16ClN3O2. The van der Waals surface area contributed by atoms with Crippen LogP contribution in [0, 0.1) is 10.1 Å². The van der Waals surface area contributed by atoms with E-state index < -0.39 is 4.92 Å². The monoisotopic (exact) mass is 269 g/mol. The fourth-order valence-electron chi connectivity index (χ4n) is 2.31. The second kappa shape index (κ2) is 5.54. The van der Waals surface area contributed by atoms with Crippen LogP contribution in [-0.2, 0) is 0 Å². The summed E-state index contributed by atoms with van der Waals surface area (Å²) in [6.07, 6.45) is 2.30. The van der Waals surface area contributed by atoms with Gasteiger partial charge in [-0.05, 0) is 38.6 Å². The third-order valence-corrected chi connectivity index (χ3v) is 3.67. The lowest BCUT2D eigenvalue weighted by molar-refractivity contribution is -0.383. The molecular weight excluding hydrogens is 254 g/mol. The molecule has 1 heterocycles. The molecule has 0 bridgehead atoms. The van der Waals surface area contributed by atoms with Crippen molar-refractivity contribution in [2.45, 2.75) is 18.9 Å².